The minimum absolute atomic E-state index is 0.0643. The predicted octanol–water partition coefficient (Wildman–Crippen LogP) is 4.85. The van der Waals surface area contributed by atoms with E-state index in [9.17, 15) is 4.79 Å². The second-order valence-corrected chi connectivity index (χ2v) is 5.95. The van der Waals surface area contributed by atoms with E-state index in [1.807, 2.05) is 73.7 Å². The monoisotopic (exact) mass is 331 g/mol. The van der Waals surface area contributed by atoms with Crippen molar-refractivity contribution in [2.45, 2.75) is 13.3 Å². The van der Waals surface area contributed by atoms with Crippen molar-refractivity contribution in [3.8, 4) is 16.9 Å². The summed E-state index contributed by atoms with van der Waals surface area (Å²) in [5.74, 6) is 0.662. The molecule has 0 aliphatic carbocycles. The number of amides is 1. The highest BCUT2D eigenvalue weighted by atomic mass is 16.5. The molecular formula is C22H21NO2. The summed E-state index contributed by atoms with van der Waals surface area (Å²) in [5, 5.41) is 3.04. The minimum Gasteiger partial charge on any atom is -0.496 e. The van der Waals surface area contributed by atoms with E-state index in [2.05, 4.69) is 11.4 Å². The number of aryl methyl sites for hydroxylation is 1. The van der Waals surface area contributed by atoms with Crippen molar-refractivity contribution >= 4 is 11.6 Å². The Morgan fingerprint density at radius 1 is 0.960 bits per heavy atom. The van der Waals surface area contributed by atoms with E-state index in [4.69, 9.17) is 4.74 Å². The van der Waals surface area contributed by atoms with Crippen LogP contribution < -0.4 is 10.1 Å². The molecule has 0 aliphatic rings. The molecule has 3 rings (SSSR count). The predicted molar refractivity (Wildman–Crippen MR) is 102 cm³/mol. The second kappa shape index (κ2) is 7.67. The zero-order valence-corrected chi connectivity index (χ0v) is 14.5. The highest BCUT2D eigenvalue weighted by Crippen LogP contribution is 2.29. The van der Waals surface area contributed by atoms with E-state index >= 15 is 0 Å². The van der Waals surface area contributed by atoms with Crippen LogP contribution in [0.15, 0.2) is 72.8 Å². The number of anilines is 1. The molecule has 3 aromatic carbocycles. The molecule has 3 aromatic rings. The number of nitrogens with one attached hydrogen (secondary N) is 1. The summed E-state index contributed by atoms with van der Waals surface area (Å²) in [4.78, 5) is 12.6. The fraction of sp³-hybridized carbons (Fsp3) is 0.136. The zero-order valence-electron chi connectivity index (χ0n) is 14.5. The van der Waals surface area contributed by atoms with Crippen molar-refractivity contribution in [3.63, 3.8) is 0 Å². The van der Waals surface area contributed by atoms with Gasteiger partial charge in [0.1, 0.15) is 5.75 Å². The Hall–Kier alpha value is -3.07. The van der Waals surface area contributed by atoms with Gasteiger partial charge in [-0.2, -0.15) is 0 Å². The normalized spacial score (nSPS) is 10.3. The topological polar surface area (TPSA) is 38.3 Å². The molecule has 3 heteroatoms. The third kappa shape index (κ3) is 4.07. The molecule has 0 saturated carbocycles. The van der Waals surface area contributed by atoms with Gasteiger partial charge in [0.05, 0.1) is 13.5 Å². The third-order valence-electron chi connectivity index (χ3n) is 4.08. The van der Waals surface area contributed by atoms with Gasteiger partial charge in [0, 0.05) is 16.8 Å². The van der Waals surface area contributed by atoms with Gasteiger partial charge < -0.3 is 10.1 Å². The highest BCUT2D eigenvalue weighted by Gasteiger charge is 2.12. The number of carbonyl (C=O) groups is 1. The molecule has 0 aliphatic heterocycles. The van der Waals surface area contributed by atoms with E-state index in [0.29, 0.717) is 0 Å². The number of ether oxygens (including phenoxy) is 1. The van der Waals surface area contributed by atoms with Crippen molar-refractivity contribution in [3.05, 3.63) is 83.9 Å². The highest BCUT2D eigenvalue weighted by molar-refractivity contribution is 5.97. The van der Waals surface area contributed by atoms with E-state index in [0.717, 1.165) is 33.7 Å². The van der Waals surface area contributed by atoms with Crippen molar-refractivity contribution in [1.29, 1.82) is 0 Å². The Kier molecular flexibility index (Phi) is 5.14. The molecule has 3 nitrogen and oxygen atoms in total. The first kappa shape index (κ1) is 16.8. The average Bonchev–Trinajstić information content (AvgIpc) is 2.64. The quantitative estimate of drug-likeness (QED) is 0.725. The molecule has 0 aromatic heterocycles. The maximum absolute atomic E-state index is 12.6. The maximum Gasteiger partial charge on any atom is 0.228 e. The summed E-state index contributed by atoms with van der Waals surface area (Å²) in [6.45, 7) is 2.05. The van der Waals surface area contributed by atoms with E-state index in [-0.39, 0.29) is 12.3 Å². The Bertz CT molecular complexity index is 872. The molecule has 0 bridgehead atoms. The Morgan fingerprint density at radius 2 is 1.68 bits per heavy atom. The van der Waals surface area contributed by atoms with Crippen LogP contribution >= 0.6 is 0 Å². The molecule has 0 atom stereocenters. The second-order valence-electron chi connectivity index (χ2n) is 5.95. The van der Waals surface area contributed by atoms with Crippen LogP contribution in [0, 0.1) is 6.92 Å². The van der Waals surface area contributed by atoms with Crippen LogP contribution in [0.5, 0.6) is 5.75 Å². The zero-order chi connectivity index (χ0) is 17.6. The lowest BCUT2D eigenvalue weighted by Gasteiger charge is -2.13. The number of methoxy groups -OCH3 is 1. The lowest BCUT2D eigenvalue weighted by atomic mass is 10.0. The van der Waals surface area contributed by atoms with Crippen LogP contribution in [0.4, 0.5) is 5.69 Å². The molecule has 0 spiro atoms. The lowest BCUT2D eigenvalue weighted by Crippen LogP contribution is -2.15. The SMILES string of the molecule is COc1ccccc1CC(=O)Nc1ccc(C)cc1-c1ccccc1. The third-order valence-corrected chi connectivity index (χ3v) is 4.08. The summed E-state index contributed by atoms with van der Waals surface area (Å²) in [5.41, 5.74) is 4.95. The average molecular weight is 331 g/mol. The Morgan fingerprint density at radius 3 is 2.44 bits per heavy atom. The molecular weight excluding hydrogens is 310 g/mol. The first-order valence-electron chi connectivity index (χ1n) is 8.25. The Labute approximate surface area is 148 Å². The van der Waals surface area contributed by atoms with Crippen molar-refractivity contribution in [2.75, 3.05) is 12.4 Å². The lowest BCUT2D eigenvalue weighted by molar-refractivity contribution is -0.115. The van der Waals surface area contributed by atoms with Gasteiger partial charge in [0.25, 0.3) is 0 Å². The van der Waals surface area contributed by atoms with E-state index in [1.165, 1.54) is 0 Å². The van der Waals surface area contributed by atoms with Crippen molar-refractivity contribution in [2.24, 2.45) is 0 Å². The summed E-state index contributed by atoms with van der Waals surface area (Å²) >= 11 is 0. The first-order chi connectivity index (χ1) is 12.2. The van der Waals surface area contributed by atoms with Gasteiger partial charge in [-0.15, -0.1) is 0 Å². The number of para-hydroxylation sites is 1. The summed E-state index contributed by atoms with van der Waals surface area (Å²) in [7, 11) is 1.62. The molecule has 1 amide bonds. The van der Waals surface area contributed by atoms with Crippen LogP contribution in [0.3, 0.4) is 0 Å². The van der Waals surface area contributed by atoms with Gasteiger partial charge in [-0.05, 0) is 30.7 Å². The number of hydrogen-bond acceptors (Lipinski definition) is 2. The summed E-state index contributed by atoms with van der Waals surface area (Å²) in [6, 6.07) is 23.7. The van der Waals surface area contributed by atoms with Gasteiger partial charge >= 0.3 is 0 Å². The molecule has 0 fully saturated rings. The largest absolute Gasteiger partial charge is 0.496 e. The van der Waals surface area contributed by atoms with Crippen molar-refractivity contribution < 1.29 is 9.53 Å². The van der Waals surface area contributed by atoms with Crippen LogP contribution in [0.1, 0.15) is 11.1 Å². The first-order valence-corrected chi connectivity index (χ1v) is 8.25. The number of benzene rings is 3. The standard InChI is InChI=1S/C22H21NO2/c1-16-12-13-20(19(14-16)17-8-4-3-5-9-17)23-22(24)15-18-10-6-7-11-21(18)25-2/h3-14H,15H2,1-2H3,(H,23,24). The summed E-state index contributed by atoms with van der Waals surface area (Å²) < 4.78 is 5.33. The van der Waals surface area contributed by atoms with Crippen LogP contribution in [0.25, 0.3) is 11.1 Å². The minimum atomic E-state index is -0.0643. The van der Waals surface area contributed by atoms with Gasteiger partial charge in [-0.25, -0.2) is 0 Å². The summed E-state index contributed by atoms with van der Waals surface area (Å²) in [6.07, 6.45) is 0.270. The molecule has 0 saturated heterocycles. The molecule has 0 unspecified atom stereocenters. The van der Waals surface area contributed by atoms with Crippen LogP contribution in [-0.4, -0.2) is 13.0 Å². The molecule has 25 heavy (non-hydrogen) atoms. The van der Waals surface area contributed by atoms with Crippen LogP contribution in [0.2, 0.25) is 0 Å². The number of carbonyl (C=O) groups excluding carboxylic acids is 1. The van der Waals surface area contributed by atoms with Gasteiger partial charge in [0.15, 0.2) is 0 Å². The van der Waals surface area contributed by atoms with E-state index < -0.39 is 0 Å². The van der Waals surface area contributed by atoms with Gasteiger partial charge in [-0.3, -0.25) is 4.79 Å². The molecule has 126 valence electrons. The van der Waals surface area contributed by atoms with Crippen LogP contribution in [-0.2, 0) is 11.2 Å². The van der Waals surface area contributed by atoms with Crippen molar-refractivity contribution in [1.82, 2.24) is 0 Å². The maximum atomic E-state index is 12.6. The fourth-order valence-corrected chi connectivity index (χ4v) is 2.84. The fourth-order valence-electron chi connectivity index (χ4n) is 2.84. The molecule has 0 heterocycles. The van der Waals surface area contributed by atoms with Gasteiger partial charge in [0.2, 0.25) is 5.91 Å². The molecule has 1 N–H and O–H groups in total. The molecule has 0 radical (unpaired) electrons. The van der Waals surface area contributed by atoms with E-state index in [1.54, 1.807) is 7.11 Å². The smallest absolute Gasteiger partial charge is 0.228 e. The number of hydrogen-bond donors (Lipinski definition) is 1. The Balaban J connectivity index is 1.84. The number of rotatable bonds is 5. The van der Waals surface area contributed by atoms with Gasteiger partial charge in [-0.1, -0.05) is 60.2 Å².